The third kappa shape index (κ3) is 20.5. The molecule has 0 aliphatic rings. The predicted molar refractivity (Wildman–Crippen MR) is 110 cm³/mol. The zero-order chi connectivity index (χ0) is 21.2. The van der Waals surface area contributed by atoms with Gasteiger partial charge < -0.3 is 63.8 Å². The first-order chi connectivity index (χ1) is 12.7. The number of amides is 2. The molecule has 0 aliphatic carbocycles. The molecule has 2 atom stereocenters. The number of nitrogens with one attached hydrogen (secondary N) is 2. The second-order valence-corrected chi connectivity index (χ2v) is 7.29. The summed E-state index contributed by atoms with van der Waals surface area (Å²) in [7, 11) is 0. The Labute approximate surface area is 198 Å². The molecular weight excluding hydrogens is 534 g/mol. The van der Waals surface area contributed by atoms with Gasteiger partial charge in [0.15, 0.2) is 0 Å². The molecule has 14 heteroatoms. The number of carbonyl (C=O) groups excluding carboxylic acids is 1. The van der Waals surface area contributed by atoms with E-state index in [2.05, 4.69) is 17.9 Å². The number of carbonyl (C=O) groups is 4. The van der Waals surface area contributed by atoms with Gasteiger partial charge in [-0.05, 0) is 24.3 Å². The smallest absolute Gasteiger partial charge is 0.326 e. The van der Waals surface area contributed by atoms with Crippen LogP contribution in [0.25, 0.3) is 0 Å². The van der Waals surface area contributed by atoms with Crippen LogP contribution in [0.2, 0.25) is 0 Å². The Morgan fingerprint density at radius 3 is 1.54 bits per heavy atom. The number of rotatable bonds is 13. The SMILES string of the molecule is O=C(O)CC[C@H](NC(=O)N[C@@H](CC[S-])C(=O)O)C(=O)O.[S-]CCSCC[S-].[Tc]. The molecule has 2 amide bonds. The summed E-state index contributed by atoms with van der Waals surface area (Å²) in [6.45, 7) is 0. The Balaban J connectivity index is -0.000000665. The van der Waals surface area contributed by atoms with Crippen molar-refractivity contribution in [3.8, 4) is 0 Å². The van der Waals surface area contributed by atoms with Crippen molar-refractivity contribution < 1.29 is 54.6 Å². The van der Waals surface area contributed by atoms with Crippen LogP contribution in [0.1, 0.15) is 19.3 Å². The zero-order valence-electron chi connectivity index (χ0n) is 14.8. The molecule has 5 N–H and O–H groups in total. The van der Waals surface area contributed by atoms with Gasteiger partial charge in [0, 0.05) is 26.5 Å². The Bertz CT molecular complexity index is 471. The van der Waals surface area contributed by atoms with Crippen molar-refractivity contribution in [1.29, 1.82) is 0 Å². The minimum Gasteiger partial charge on any atom is -0.793 e. The molecule has 0 aromatic heterocycles. The van der Waals surface area contributed by atoms with Crippen molar-refractivity contribution >= 4 is 73.6 Å². The van der Waals surface area contributed by atoms with E-state index in [1.54, 1.807) is 0 Å². The summed E-state index contributed by atoms with van der Waals surface area (Å²) in [4.78, 5) is 43.4. The monoisotopic (exact) mass is 556 g/mol. The molecule has 165 valence electrons. The largest absolute Gasteiger partial charge is 0.793 e. The van der Waals surface area contributed by atoms with Crippen LogP contribution in [0.4, 0.5) is 4.79 Å². The van der Waals surface area contributed by atoms with Gasteiger partial charge in [0.25, 0.3) is 0 Å². The molecule has 0 unspecified atom stereocenters. The van der Waals surface area contributed by atoms with E-state index < -0.39 is 42.4 Å². The summed E-state index contributed by atoms with van der Waals surface area (Å²) in [6, 6.07) is -3.64. The Kier molecular flexibility index (Phi) is 24.8. The fourth-order valence-corrected chi connectivity index (χ4v) is 2.86. The minimum absolute atomic E-state index is 0. The number of thioether (sulfide) groups is 1. The van der Waals surface area contributed by atoms with Gasteiger partial charge in [-0.25, -0.2) is 14.4 Å². The Hall–Kier alpha value is -0.271. The van der Waals surface area contributed by atoms with Crippen LogP contribution in [0.15, 0.2) is 0 Å². The summed E-state index contributed by atoms with van der Waals surface area (Å²) in [6.07, 6.45) is -0.729. The first-order valence-electron chi connectivity index (χ1n) is 7.76. The quantitative estimate of drug-likeness (QED) is 0.151. The van der Waals surface area contributed by atoms with Gasteiger partial charge in [-0.2, -0.15) is 29.0 Å². The summed E-state index contributed by atoms with van der Waals surface area (Å²) in [5.74, 6) is 0.114. The molecule has 28 heavy (non-hydrogen) atoms. The topological polar surface area (TPSA) is 153 Å². The average Bonchev–Trinajstić information content (AvgIpc) is 2.58. The van der Waals surface area contributed by atoms with Gasteiger partial charge in [-0.1, -0.05) is 0 Å². The van der Waals surface area contributed by atoms with Crippen LogP contribution in [-0.2, 0) is 72.4 Å². The molecule has 0 aromatic carbocycles. The first kappa shape index (κ1) is 32.4. The third-order valence-corrected chi connectivity index (χ3v) is 4.86. The van der Waals surface area contributed by atoms with Gasteiger partial charge >= 0.3 is 23.9 Å². The van der Waals surface area contributed by atoms with Crippen LogP contribution in [0, 0.1) is 0 Å². The number of urea groups is 1. The summed E-state index contributed by atoms with van der Waals surface area (Å²) < 4.78 is 0. The van der Waals surface area contributed by atoms with Gasteiger partial charge in [-0.3, -0.25) is 4.79 Å². The van der Waals surface area contributed by atoms with E-state index in [9.17, 15) is 19.2 Å². The third-order valence-electron chi connectivity index (χ3n) is 2.72. The molecule has 0 aromatic rings. The molecule has 0 aliphatic heterocycles. The van der Waals surface area contributed by atoms with E-state index in [1.807, 2.05) is 17.1 Å². The molecule has 0 fully saturated rings. The normalized spacial score (nSPS) is 11.7. The molecule has 0 saturated heterocycles. The standard InChI is InChI=1S/C10H16N2O7S.C4H10S3.Tc/c13-7(14)2-1-5(8(15)16)11-10(19)12-6(3-4-20)9(17)18;5-1-3-7-4-2-6;/h5-6,20H,1-4H2,(H,13,14)(H,15,16)(H,17,18)(H2,11,12,19);5-6H,1-4H2;/p-3/t5-,6-;;/m0../s1. The van der Waals surface area contributed by atoms with E-state index in [1.165, 1.54) is 0 Å². The molecule has 0 spiro atoms. The van der Waals surface area contributed by atoms with Crippen molar-refractivity contribution in [2.24, 2.45) is 0 Å². The Morgan fingerprint density at radius 2 is 1.21 bits per heavy atom. The summed E-state index contributed by atoms with van der Waals surface area (Å²) in [5.41, 5.74) is 0. The van der Waals surface area contributed by atoms with Gasteiger partial charge in [0.1, 0.15) is 12.1 Å². The fourth-order valence-electron chi connectivity index (χ4n) is 1.48. The second-order valence-electron chi connectivity index (χ2n) is 4.85. The van der Waals surface area contributed by atoms with Crippen LogP contribution >= 0.6 is 11.8 Å². The van der Waals surface area contributed by atoms with Crippen molar-refractivity contribution in [3.05, 3.63) is 0 Å². The average molecular weight is 558 g/mol. The second kappa shape index (κ2) is 21.4. The first-order valence-corrected chi connectivity index (χ1v) is 10.6. The van der Waals surface area contributed by atoms with Gasteiger partial charge in [0.05, 0.1) is 0 Å². The number of aliphatic carboxylic acids is 3. The maximum atomic E-state index is 11.5. The molecule has 1 radical (unpaired) electrons. The Morgan fingerprint density at radius 1 is 0.786 bits per heavy atom. The van der Waals surface area contributed by atoms with Crippen LogP contribution in [0.5, 0.6) is 0 Å². The fraction of sp³-hybridized carbons (Fsp3) is 0.714. The minimum atomic E-state index is -1.41. The number of hydrogen-bond donors (Lipinski definition) is 5. The number of carboxylic acid groups (broad SMARTS) is 3. The van der Waals surface area contributed by atoms with Crippen molar-refractivity contribution in [3.63, 3.8) is 0 Å². The molecule has 0 heterocycles. The van der Waals surface area contributed by atoms with Crippen LogP contribution in [-0.4, -0.2) is 80.1 Å². The van der Waals surface area contributed by atoms with Crippen molar-refractivity contribution in [2.75, 3.05) is 28.8 Å². The molecular formula is C14H23N2O7S4Tc-3. The molecule has 0 rings (SSSR count). The van der Waals surface area contributed by atoms with Crippen LogP contribution in [0.3, 0.4) is 0 Å². The molecule has 0 saturated carbocycles. The van der Waals surface area contributed by atoms with Gasteiger partial charge in [0.2, 0.25) is 0 Å². The summed E-state index contributed by atoms with van der Waals surface area (Å²) >= 11 is 15.9. The van der Waals surface area contributed by atoms with E-state index in [-0.39, 0.29) is 38.7 Å². The maximum Gasteiger partial charge on any atom is 0.326 e. The predicted octanol–water partition coefficient (Wildman–Crippen LogP) is -0.195. The molecule has 0 bridgehead atoms. The van der Waals surface area contributed by atoms with E-state index in [0.29, 0.717) is 0 Å². The van der Waals surface area contributed by atoms with E-state index in [4.69, 9.17) is 40.6 Å². The van der Waals surface area contributed by atoms with Gasteiger partial charge in [-0.15, -0.1) is 0 Å². The van der Waals surface area contributed by atoms with E-state index in [0.717, 1.165) is 23.0 Å². The van der Waals surface area contributed by atoms with Crippen molar-refractivity contribution in [1.82, 2.24) is 10.6 Å². The van der Waals surface area contributed by atoms with E-state index >= 15 is 0 Å². The van der Waals surface area contributed by atoms with Crippen LogP contribution < -0.4 is 10.6 Å². The zero-order valence-corrected chi connectivity index (χ0v) is 19.9. The molecule has 9 nitrogen and oxygen atoms in total. The number of hydrogen-bond acceptors (Lipinski definition) is 8. The summed E-state index contributed by atoms with van der Waals surface area (Å²) in [5, 5.41) is 30.1. The maximum absolute atomic E-state index is 11.5. The van der Waals surface area contributed by atoms with Crippen molar-refractivity contribution in [2.45, 2.75) is 31.3 Å². The number of carboxylic acids is 3.